The molecular formula is C37H28BrN3O5S2. The van der Waals surface area contributed by atoms with Crippen LogP contribution in [0, 0.1) is 29.6 Å². The fraction of sp³-hybridized carbons (Fsp3) is 0.243. The highest BCUT2D eigenvalue weighted by molar-refractivity contribution is 9.10. The van der Waals surface area contributed by atoms with E-state index < -0.39 is 0 Å². The number of carbonyl (C=O) groups excluding carboxylic acids is 3. The molecule has 3 amide bonds. The molecule has 4 aromatic carbocycles. The van der Waals surface area contributed by atoms with Crippen LogP contribution in [0.2, 0.25) is 0 Å². The van der Waals surface area contributed by atoms with E-state index in [1.54, 1.807) is 11.8 Å². The maximum Gasteiger partial charge on any atom is 0.305 e. The molecule has 1 aromatic heterocycles. The van der Waals surface area contributed by atoms with Crippen molar-refractivity contribution in [2.45, 2.75) is 22.6 Å². The second-order valence-electron chi connectivity index (χ2n) is 12.9. The second kappa shape index (κ2) is 11.5. The molecule has 1 saturated heterocycles. The van der Waals surface area contributed by atoms with Crippen LogP contribution in [0.5, 0.6) is 5.75 Å². The summed E-state index contributed by atoms with van der Waals surface area (Å²) < 4.78 is 6.89. The zero-order chi connectivity index (χ0) is 32.7. The number of H-pyrrole nitrogens is 1. The minimum Gasteiger partial charge on any atom is -0.484 e. The normalized spacial score (nSPS) is 26.8. The molecule has 240 valence electrons. The van der Waals surface area contributed by atoms with Gasteiger partial charge in [0.25, 0.3) is 5.91 Å². The SMILES string of the molecule is O=C(COc1cccc([C@@H]2c3sc(=O)[nH]c3S[C@@H]3[C@@H]4C[C@@H]([C@@H]5C(=O)N(c6ccc(Br)cc6)C(=O)[C@@H]45)[C@H]23)c1)Nc1ccc2ccccc2c1. The zero-order valence-electron chi connectivity index (χ0n) is 25.3. The lowest BCUT2D eigenvalue weighted by Crippen LogP contribution is -2.42. The molecule has 2 bridgehead atoms. The van der Waals surface area contributed by atoms with Gasteiger partial charge >= 0.3 is 4.87 Å². The molecule has 48 heavy (non-hydrogen) atoms. The Balaban J connectivity index is 0.987. The lowest BCUT2D eigenvalue weighted by atomic mass is 9.68. The topological polar surface area (TPSA) is 109 Å². The number of nitrogens with zero attached hydrogens (tertiary/aromatic N) is 1. The Labute approximate surface area is 292 Å². The number of thiazole rings is 1. The first-order chi connectivity index (χ1) is 23.3. The highest BCUT2D eigenvalue weighted by Gasteiger charge is 2.69. The van der Waals surface area contributed by atoms with Crippen molar-refractivity contribution < 1.29 is 19.1 Å². The first kappa shape index (κ1) is 29.9. The molecule has 2 saturated carbocycles. The maximum atomic E-state index is 14.0. The van der Waals surface area contributed by atoms with E-state index in [-0.39, 0.29) is 70.0 Å². The van der Waals surface area contributed by atoms with Crippen LogP contribution in [-0.2, 0) is 14.4 Å². The fourth-order valence-corrected chi connectivity index (χ4v) is 11.8. The summed E-state index contributed by atoms with van der Waals surface area (Å²) in [5, 5.41) is 5.99. The van der Waals surface area contributed by atoms with Crippen LogP contribution in [0.15, 0.2) is 105 Å². The number of imide groups is 1. The van der Waals surface area contributed by atoms with Gasteiger partial charge in [0.1, 0.15) is 5.75 Å². The summed E-state index contributed by atoms with van der Waals surface area (Å²) in [5.74, 6) is -0.744. The molecule has 11 heteroatoms. The monoisotopic (exact) mass is 737 g/mol. The third kappa shape index (κ3) is 4.77. The first-order valence-electron chi connectivity index (χ1n) is 15.9. The number of hydrogen-bond donors (Lipinski definition) is 2. The summed E-state index contributed by atoms with van der Waals surface area (Å²) in [6.07, 6.45) is 0.810. The Bertz CT molecular complexity index is 2200. The number of rotatable bonds is 6. The number of ether oxygens (including phenoxy) is 1. The van der Waals surface area contributed by atoms with Crippen molar-refractivity contribution in [2.24, 2.45) is 29.6 Å². The van der Waals surface area contributed by atoms with Gasteiger partial charge < -0.3 is 15.0 Å². The Morgan fingerprint density at radius 3 is 2.48 bits per heavy atom. The van der Waals surface area contributed by atoms with Crippen LogP contribution in [0.25, 0.3) is 10.8 Å². The molecule has 0 radical (unpaired) electrons. The number of halogens is 1. The molecule has 0 unspecified atom stereocenters. The van der Waals surface area contributed by atoms with E-state index in [0.29, 0.717) is 17.1 Å². The van der Waals surface area contributed by atoms with Gasteiger partial charge in [0.05, 0.1) is 22.5 Å². The van der Waals surface area contributed by atoms with Crippen molar-refractivity contribution >= 4 is 78.9 Å². The van der Waals surface area contributed by atoms with Crippen LogP contribution in [0.1, 0.15) is 22.8 Å². The minimum absolute atomic E-state index is 0.00190. The second-order valence-corrected chi connectivity index (χ2v) is 16.0. The third-order valence-corrected chi connectivity index (χ3v) is 13.5. The van der Waals surface area contributed by atoms with Gasteiger partial charge in [-0.05, 0) is 89.0 Å². The molecule has 3 heterocycles. The Morgan fingerprint density at radius 2 is 1.67 bits per heavy atom. The van der Waals surface area contributed by atoms with Gasteiger partial charge in [-0.3, -0.25) is 24.1 Å². The number of amides is 3. The lowest BCUT2D eigenvalue weighted by molar-refractivity contribution is -0.123. The number of aromatic amines is 1. The molecule has 7 atom stereocenters. The van der Waals surface area contributed by atoms with Crippen molar-refractivity contribution in [2.75, 3.05) is 16.8 Å². The van der Waals surface area contributed by atoms with Gasteiger partial charge in [0, 0.05) is 26.2 Å². The molecule has 2 aliphatic heterocycles. The largest absolute Gasteiger partial charge is 0.484 e. The summed E-state index contributed by atoms with van der Waals surface area (Å²) in [6.45, 7) is -0.164. The van der Waals surface area contributed by atoms with Crippen molar-refractivity contribution in [3.63, 3.8) is 0 Å². The number of benzene rings is 4. The predicted octanol–water partition coefficient (Wildman–Crippen LogP) is 7.05. The van der Waals surface area contributed by atoms with Crippen LogP contribution in [-0.4, -0.2) is 34.6 Å². The fourth-order valence-electron chi connectivity index (χ4n) is 8.65. The quantitative estimate of drug-likeness (QED) is 0.181. The number of fused-ring (bicyclic) bond motifs is 10. The molecule has 8 nitrogen and oxygen atoms in total. The van der Waals surface area contributed by atoms with Gasteiger partial charge in [-0.25, -0.2) is 0 Å². The minimum atomic E-state index is -0.383. The highest BCUT2D eigenvalue weighted by Crippen LogP contribution is 2.68. The molecule has 4 aliphatic rings. The van der Waals surface area contributed by atoms with E-state index in [0.717, 1.165) is 37.1 Å². The van der Waals surface area contributed by atoms with E-state index in [1.165, 1.54) is 16.2 Å². The summed E-state index contributed by atoms with van der Waals surface area (Å²) in [7, 11) is 0. The molecule has 2 aliphatic carbocycles. The first-order valence-corrected chi connectivity index (χ1v) is 18.4. The number of aromatic nitrogens is 1. The molecule has 0 spiro atoms. The number of hydrogen-bond acceptors (Lipinski definition) is 7. The lowest BCUT2D eigenvalue weighted by Gasteiger charge is -2.43. The van der Waals surface area contributed by atoms with Crippen molar-refractivity contribution in [3.05, 3.63) is 116 Å². The van der Waals surface area contributed by atoms with Crippen molar-refractivity contribution in [1.29, 1.82) is 0 Å². The smallest absolute Gasteiger partial charge is 0.305 e. The van der Waals surface area contributed by atoms with Gasteiger partial charge in [0.15, 0.2) is 6.61 Å². The summed E-state index contributed by atoms with van der Waals surface area (Å²) in [5.41, 5.74) is 2.27. The molecular weight excluding hydrogens is 710 g/mol. The van der Waals surface area contributed by atoms with E-state index in [4.69, 9.17) is 4.74 Å². The predicted molar refractivity (Wildman–Crippen MR) is 190 cm³/mol. The standard InChI is InChI=1S/C37H28BrN3O5S2/c38-21-9-12-23(13-10-21)41-35(43)30-25-16-26(31(30)36(41)44)32-29(25)28(33-34(47-32)40-37(45)48-33)20-6-3-7-24(15-20)46-17-27(42)39-22-11-8-18-4-1-2-5-19(18)14-22/h1-15,25-26,28-32H,16-17H2,(H,39,42)(H,40,45)/t25-,26-,28+,29-,30+,31+,32-/m1/s1. The third-order valence-electron chi connectivity index (χ3n) is 10.4. The van der Waals surface area contributed by atoms with E-state index in [9.17, 15) is 19.2 Å². The average Bonchev–Trinajstić information content (AvgIpc) is 3.83. The summed E-state index contributed by atoms with van der Waals surface area (Å²) >= 11 is 6.33. The zero-order valence-corrected chi connectivity index (χ0v) is 28.5. The number of anilines is 2. The van der Waals surface area contributed by atoms with Gasteiger partial charge in [0.2, 0.25) is 11.8 Å². The Hall–Kier alpha value is -4.19. The number of carbonyl (C=O) groups is 3. The van der Waals surface area contributed by atoms with E-state index >= 15 is 0 Å². The van der Waals surface area contributed by atoms with Gasteiger partial charge in [-0.15, -0.1) is 11.8 Å². The van der Waals surface area contributed by atoms with E-state index in [1.807, 2.05) is 91.0 Å². The van der Waals surface area contributed by atoms with Crippen LogP contribution >= 0.6 is 39.0 Å². The number of thioether (sulfide) groups is 1. The molecule has 2 N–H and O–H groups in total. The van der Waals surface area contributed by atoms with Crippen LogP contribution < -0.4 is 19.8 Å². The van der Waals surface area contributed by atoms with Gasteiger partial charge in [-0.1, -0.05) is 69.7 Å². The molecule has 9 rings (SSSR count). The Kier molecular flexibility index (Phi) is 7.14. The van der Waals surface area contributed by atoms with Crippen LogP contribution in [0.4, 0.5) is 11.4 Å². The van der Waals surface area contributed by atoms with Crippen LogP contribution in [0.3, 0.4) is 0 Å². The average molecular weight is 739 g/mol. The van der Waals surface area contributed by atoms with Crippen molar-refractivity contribution in [1.82, 2.24) is 4.98 Å². The summed E-state index contributed by atoms with van der Waals surface area (Å²) in [4.78, 5) is 58.7. The van der Waals surface area contributed by atoms with E-state index in [2.05, 4.69) is 26.2 Å². The molecule has 5 aromatic rings. The molecule has 3 fully saturated rings. The van der Waals surface area contributed by atoms with Gasteiger partial charge in [-0.2, -0.15) is 0 Å². The van der Waals surface area contributed by atoms with Crippen molar-refractivity contribution in [3.8, 4) is 5.75 Å². The maximum absolute atomic E-state index is 14.0. The summed E-state index contributed by atoms with van der Waals surface area (Å²) in [6, 6.07) is 28.8. The number of nitrogens with one attached hydrogen (secondary N) is 2. The highest BCUT2D eigenvalue weighted by atomic mass is 79.9. The Morgan fingerprint density at radius 1 is 0.896 bits per heavy atom.